The van der Waals surface area contributed by atoms with Gasteiger partial charge in [0.25, 0.3) is 10.0 Å². The molecule has 0 aliphatic carbocycles. The predicted octanol–water partition coefficient (Wildman–Crippen LogP) is 4.13. The van der Waals surface area contributed by atoms with Crippen LogP contribution in [0.1, 0.15) is 22.8 Å². The minimum atomic E-state index is -3.77. The molecule has 0 radical (unpaired) electrons. The van der Waals surface area contributed by atoms with Crippen LogP contribution >= 0.6 is 0 Å². The van der Waals surface area contributed by atoms with Crippen molar-refractivity contribution in [1.82, 2.24) is 0 Å². The minimum absolute atomic E-state index is 0.216. The number of esters is 1. The van der Waals surface area contributed by atoms with Crippen molar-refractivity contribution in [2.24, 2.45) is 0 Å². The second-order valence-corrected chi connectivity index (χ2v) is 7.48. The second kappa shape index (κ2) is 7.17. The molecule has 26 heavy (non-hydrogen) atoms. The van der Waals surface area contributed by atoms with Crippen molar-refractivity contribution in [3.63, 3.8) is 0 Å². The van der Waals surface area contributed by atoms with E-state index in [1.165, 1.54) is 12.1 Å². The Morgan fingerprint density at radius 2 is 1.62 bits per heavy atom. The monoisotopic (exact) mass is 369 g/mol. The summed E-state index contributed by atoms with van der Waals surface area (Å²) in [6.07, 6.45) is 0. The molecule has 134 valence electrons. The normalized spacial score (nSPS) is 11.3. The van der Waals surface area contributed by atoms with Crippen LogP contribution in [0.25, 0.3) is 10.8 Å². The summed E-state index contributed by atoms with van der Waals surface area (Å²) in [4.78, 5) is 11.9. The van der Waals surface area contributed by atoms with E-state index < -0.39 is 16.0 Å². The molecule has 0 aliphatic rings. The van der Waals surface area contributed by atoms with E-state index in [1.54, 1.807) is 37.3 Å². The molecule has 0 fully saturated rings. The van der Waals surface area contributed by atoms with Gasteiger partial charge in [0, 0.05) is 11.1 Å². The van der Waals surface area contributed by atoms with Crippen LogP contribution in [-0.4, -0.2) is 21.0 Å². The fourth-order valence-corrected chi connectivity index (χ4v) is 4.03. The molecule has 3 aromatic carbocycles. The van der Waals surface area contributed by atoms with Crippen LogP contribution in [0, 0.1) is 6.92 Å². The van der Waals surface area contributed by atoms with Crippen LogP contribution in [0.2, 0.25) is 0 Å². The molecular formula is C20H19NO4S. The molecular weight excluding hydrogens is 350 g/mol. The molecule has 0 saturated carbocycles. The zero-order valence-electron chi connectivity index (χ0n) is 14.5. The molecule has 3 aromatic rings. The molecule has 0 aliphatic heterocycles. The topological polar surface area (TPSA) is 72.5 Å². The highest BCUT2D eigenvalue weighted by molar-refractivity contribution is 7.93. The van der Waals surface area contributed by atoms with Gasteiger partial charge in [0.15, 0.2) is 0 Å². The Morgan fingerprint density at radius 3 is 2.27 bits per heavy atom. The lowest BCUT2D eigenvalue weighted by molar-refractivity contribution is 0.0526. The van der Waals surface area contributed by atoms with Crippen LogP contribution in [0.3, 0.4) is 0 Å². The first-order chi connectivity index (χ1) is 12.4. The molecule has 6 heteroatoms. The maximum absolute atomic E-state index is 12.8. The van der Waals surface area contributed by atoms with Gasteiger partial charge in [0.2, 0.25) is 0 Å². The van der Waals surface area contributed by atoms with Gasteiger partial charge in [-0.2, -0.15) is 0 Å². The predicted molar refractivity (Wildman–Crippen MR) is 102 cm³/mol. The van der Waals surface area contributed by atoms with Crippen LogP contribution in [0.5, 0.6) is 0 Å². The van der Waals surface area contributed by atoms with Crippen LogP contribution in [-0.2, 0) is 14.8 Å². The third-order valence-corrected chi connectivity index (χ3v) is 5.48. The van der Waals surface area contributed by atoms with Crippen molar-refractivity contribution in [2.75, 3.05) is 11.3 Å². The Morgan fingerprint density at radius 1 is 0.962 bits per heavy atom. The smallest absolute Gasteiger partial charge is 0.338 e. The Kier molecular flexibility index (Phi) is 4.95. The van der Waals surface area contributed by atoms with Crippen molar-refractivity contribution in [3.8, 4) is 0 Å². The van der Waals surface area contributed by atoms with E-state index in [1.807, 2.05) is 25.1 Å². The minimum Gasteiger partial charge on any atom is -0.462 e. The average molecular weight is 369 g/mol. The van der Waals surface area contributed by atoms with Gasteiger partial charge in [-0.25, -0.2) is 13.2 Å². The first-order valence-electron chi connectivity index (χ1n) is 8.21. The number of anilines is 1. The SMILES string of the molecule is CCOC(=O)c1ccc(NS(=O)(=O)c2ccc(C)c3ccccc23)cc1. The highest BCUT2D eigenvalue weighted by Gasteiger charge is 2.18. The Balaban J connectivity index is 1.93. The van der Waals surface area contributed by atoms with Gasteiger partial charge >= 0.3 is 5.97 Å². The van der Waals surface area contributed by atoms with Crippen molar-refractivity contribution in [1.29, 1.82) is 0 Å². The van der Waals surface area contributed by atoms with Crippen molar-refractivity contribution in [2.45, 2.75) is 18.7 Å². The highest BCUT2D eigenvalue weighted by Crippen LogP contribution is 2.27. The lowest BCUT2D eigenvalue weighted by Gasteiger charge is -2.12. The molecule has 0 aromatic heterocycles. The Bertz CT molecular complexity index is 1060. The number of benzene rings is 3. The number of hydrogen-bond donors (Lipinski definition) is 1. The molecule has 0 heterocycles. The van der Waals surface area contributed by atoms with E-state index >= 15 is 0 Å². The van der Waals surface area contributed by atoms with E-state index in [2.05, 4.69) is 4.72 Å². The van der Waals surface area contributed by atoms with E-state index in [0.717, 1.165) is 10.9 Å². The Labute approximate surface area is 152 Å². The maximum atomic E-state index is 12.8. The van der Waals surface area contributed by atoms with E-state index in [4.69, 9.17) is 4.74 Å². The number of carbonyl (C=O) groups excluding carboxylic acids is 1. The summed E-state index contributed by atoms with van der Waals surface area (Å²) in [5, 5.41) is 1.57. The number of aryl methyl sites for hydroxylation is 1. The zero-order chi connectivity index (χ0) is 18.7. The number of hydrogen-bond acceptors (Lipinski definition) is 4. The van der Waals surface area contributed by atoms with E-state index in [0.29, 0.717) is 16.6 Å². The molecule has 0 bridgehead atoms. The molecule has 1 N–H and O–H groups in total. The fraction of sp³-hybridized carbons (Fsp3) is 0.150. The van der Waals surface area contributed by atoms with Gasteiger partial charge in [0.05, 0.1) is 17.1 Å². The van der Waals surface area contributed by atoms with Crippen LogP contribution < -0.4 is 4.72 Å². The standard InChI is InChI=1S/C20H19NO4S/c1-3-25-20(22)15-9-11-16(12-10-15)21-26(23,24)19-13-8-14(2)17-6-4-5-7-18(17)19/h4-13,21H,3H2,1-2H3. The highest BCUT2D eigenvalue weighted by atomic mass is 32.2. The average Bonchev–Trinajstić information content (AvgIpc) is 2.62. The van der Waals surface area contributed by atoms with E-state index in [9.17, 15) is 13.2 Å². The molecule has 0 atom stereocenters. The molecule has 3 rings (SSSR count). The van der Waals surface area contributed by atoms with Gasteiger partial charge in [-0.3, -0.25) is 4.72 Å². The number of nitrogens with one attached hydrogen (secondary N) is 1. The summed E-state index contributed by atoms with van der Waals surface area (Å²) in [5.74, 6) is -0.438. The summed E-state index contributed by atoms with van der Waals surface area (Å²) in [7, 11) is -3.77. The zero-order valence-corrected chi connectivity index (χ0v) is 15.3. The summed E-state index contributed by atoms with van der Waals surface area (Å²) >= 11 is 0. The second-order valence-electron chi connectivity index (χ2n) is 5.83. The van der Waals surface area contributed by atoms with Crippen molar-refractivity contribution in [3.05, 3.63) is 71.8 Å². The van der Waals surface area contributed by atoms with Crippen molar-refractivity contribution < 1.29 is 17.9 Å². The molecule has 0 saturated heterocycles. The largest absolute Gasteiger partial charge is 0.462 e. The van der Waals surface area contributed by atoms with Gasteiger partial charge in [0.1, 0.15) is 0 Å². The Hall–Kier alpha value is -2.86. The summed E-state index contributed by atoms with van der Waals surface area (Å²) in [6.45, 7) is 3.96. The number of sulfonamides is 1. The third kappa shape index (κ3) is 3.55. The first-order valence-corrected chi connectivity index (χ1v) is 9.69. The summed E-state index contributed by atoms with van der Waals surface area (Å²) in [5.41, 5.74) is 1.76. The number of rotatable bonds is 5. The van der Waals surface area contributed by atoms with E-state index in [-0.39, 0.29) is 11.5 Å². The maximum Gasteiger partial charge on any atom is 0.338 e. The molecule has 0 spiro atoms. The number of carbonyl (C=O) groups is 1. The van der Waals surface area contributed by atoms with Gasteiger partial charge in [-0.15, -0.1) is 0 Å². The van der Waals surface area contributed by atoms with Crippen LogP contribution in [0.4, 0.5) is 5.69 Å². The molecule has 5 nitrogen and oxygen atoms in total. The van der Waals surface area contributed by atoms with Gasteiger partial charge in [-0.05, 0) is 55.1 Å². The van der Waals surface area contributed by atoms with Crippen LogP contribution in [0.15, 0.2) is 65.6 Å². The quantitative estimate of drug-likeness (QED) is 0.687. The fourth-order valence-electron chi connectivity index (χ4n) is 2.76. The van der Waals surface area contributed by atoms with Gasteiger partial charge < -0.3 is 4.74 Å². The summed E-state index contributed by atoms with van der Waals surface area (Å²) in [6, 6.07) is 16.9. The molecule has 0 unspecified atom stereocenters. The lowest BCUT2D eigenvalue weighted by atomic mass is 10.1. The van der Waals surface area contributed by atoms with Crippen molar-refractivity contribution >= 4 is 32.5 Å². The van der Waals surface area contributed by atoms with Gasteiger partial charge in [-0.1, -0.05) is 30.3 Å². The number of fused-ring (bicyclic) bond motifs is 1. The first kappa shape index (κ1) is 17.9. The third-order valence-electron chi connectivity index (χ3n) is 4.04. The number of ether oxygens (including phenoxy) is 1. The summed E-state index contributed by atoms with van der Waals surface area (Å²) < 4.78 is 33.2. The lowest BCUT2D eigenvalue weighted by Crippen LogP contribution is -2.14. The molecule has 0 amide bonds.